The highest BCUT2D eigenvalue weighted by atomic mass is 16.5. The number of anilines is 1. The van der Waals surface area contributed by atoms with Crippen LogP contribution in [0.25, 0.3) is 0 Å². The van der Waals surface area contributed by atoms with Crippen molar-refractivity contribution in [3.05, 3.63) is 41.1 Å². The predicted octanol–water partition coefficient (Wildman–Crippen LogP) is 4.36. The summed E-state index contributed by atoms with van der Waals surface area (Å²) in [6.07, 6.45) is 10.1. The van der Waals surface area contributed by atoms with Gasteiger partial charge in [0.05, 0.1) is 20.3 Å². The maximum atomic E-state index is 12.2. The van der Waals surface area contributed by atoms with Gasteiger partial charge < -0.3 is 14.8 Å². The first kappa shape index (κ1) is 20.0. The van der Waals surface area contributed by atoms with Gasteiger partial charge in [-0.15, -0.1) is 0 Å². The normalized spacial score (nSPS) is 30.2. The van der Waals surface area contributed by atoms with Crippen LogP contribution in [0.1, 0.15) is 56.6 Å². The average molecular weight is 398 g/mol. The van der Waals surface area contributed by atoms with E-state index < -0.39 is 11.9 Å². The van der Waals surface area contributed by atoms with Crippen molar-refractivity contribution >= 4 is 17.6 Å². The first-order chi connectivity index (χ1) is 14.0. The third-order valence-corrected chi connectivity index (χ3v) is 7.28. The number of ether oxygens (including phenoxy) is 2. The maximum Gasteiger partial charge on any atom is 0.354 e. The molecule has 4 aliphatic carbocycles. The van der Waals surface area contributed by atoms with Crippen LogP contribution in [0, 0.1) is 17.8 Å². The van der Waals surface area contributed by atoms with Crippen molar-refractivity contribution in [1.82, 2.24) is 0 Å². The molecular formula is C24H31NO4. The minimum atomic E-state index is -0.590. The minimum absolute atomic E-state index is 0.0942. The molecular weight excluding hydrogens is 366 g/mol. The average Bonchev–Trinajstić information content (AvgIpc) is 2.71. The molecule has 0 aromatic heterocycles. The van der Waals surface area contributed by atoms with E-state index in [4.69, 9.17) is 9.47 Å². The molecule has 156 valence electrons. The van der Waals surface area contributed by atoms with E-state index in [1.54, 1.807) is 0 Å². The molecule has 4 bridgehead atoms. The van der Waals surface area contributed by atoms with Crippen molar-refractivity contribution in [2.24, 2.45) is 17.8 Å². The largest absolute Gasteiger partial charge is 0.466 e. The molecule has 29 heavy (non-hydrogen) atoms. The van der Waals surface area contributed by atoms with Crippen molar-refractivity contribution in [3.63, 3.8) is 0 Å². The Morgan fingerprint density at radius 3 is 2.21 bits per heavy atom. The Morgan fingerprint density at radius 1 is 1.07 bits per heavy atom. The predicted molar refractivity (Wildman–Crippen MR) is 111 cm³/mol. The number of benzene rings is 1. The molecule has 5 rings (SSSR count). The molecule has 5 nitrogen and oxygen atoms in total. The van der Waals surface area contributed by atoms with Crippen molar-refractivity contribution in [3.8, 4) is 0 Å². The molecule has 1 aromatic rings. The van der Waals surface area contributed by atoms with Crippen LogP contribution in [0.15, 0.2) is 30.0 Å². The molecule has 0 amide bonds. The molecule has 4 saturated carbocycles. The molecule has 4 aliphatic rings. The van der Waals surface area contributed by atoms with E-state index in [0.29, 0.717) is 0 Å². The zero-order chi connectivity index (χ0) is 20.6. The second-order valence-corrected chi connectivity index (χ2v) is 9.12. The standard InChI is InChI=1S/C24H31NO4/c1-4-18-5-6-19(24-12-15-7-16(13-24)9-17(8-15)14-24)10-20(18)25-21(23(27)29-3)11-22(26)28-2/h5-6,10-11,15-17,25H,4,7-9,12-14H2,1-3H3/b21-11+. The van der Waals surface area contributed by atoms with Gasteiger partial charge in [0, 0.05) is 5.69 Å². The lowest BCUT2D eigenvalue weighted by molar-refractivity contribution is -0.138. The van der Waals surface area contributed by atoms with Crippen molar-refractivity contribution in [2.45, 2.75) is 57.3 Å². The maximum absolute atomic E-state index is 12.2. The molecule has 0 atom stereocenters. The third kappa shape index (κ3) is 3.79. The van der Waals surface area contributed by atoms with Crippen LogP contribution >= 0.6 is 0 Å². The Kier molecular flexibility index (Phi) is 5.41. The Balaban J connectivity index is 1.68. The molecule has 0 radical (unpaired) electrons. The number of hydrogen-bond acceptors (Lipinski definition) is 5. The molecule has 0 spiro atoms. The van der Waals surface area contributed by atoms with Crippen molar-refractivity contribution in [1.29, 1.82) is 0 Å². The van der Waals surface area contributed by atoms with Crippen LogP contribution in [0.3, 0.4) is 0 Å². The number of carbonyl (C=O) groups excluding carboxylic acids is 2. The van der Waals surface area contributed by atoms with Crippen LogP contribution in [-0.4, -0.2) is 26.2 Å². The van der Waals surface area contributed by atoms with Crippen molar-refractivity contribution < 1.29 is 19.1 Å². The lowest BCUT2D eigenvalue weighted by Gasteiger charge is -2.57. The number of esters is 2. The summed E-state index contributed by atoms with van der Waals surface area (Å²) < 4.78 is 9.55. The SMILES string of the molecule is CCc1ccc(C23CC4CC(CC(C4)C2)C3)cc1N/C(=C/C(=O)OC)C(=O)OC. The molecule has 5 heteroatoms. The van der Waals surface area contributed by atoms with Crippen LogP contribution in [-0.2, 0) is 30.9 Å². The summed E-state index contributed by atoms with van der Waals surface area (Å²) in [5.41, 5.74) is 3.73. The Morgan fingerprint density at radius 2 is 1.69 bits per heavy atom. The van der Waals surface area contributed by atoms with Gasteiger partial charge in [0.2, 0.25) is 0 Å². The molecule has 1 aromatic carbocycles. The van der Waals surface area contributed by atoms with Crippen LogP contribution in [0.5, 0.6) is 0 Å². The quantitative estimate of drug-likeness (QED) is 0.571. The first-order valence-electron chi connectivity index (χ1n) is 10.7. The van der Waals surface area contributed by atoms with E-state index in [1.165, 1.54) is 58.3 Å². The van der Waals surface area contributed by atoms with Gasteiger partial charge in [0.1, 0.15) is 5.70 Å². The van der Waals surface area contributed by atoms with Gasteiger partial charge >= 0.3 is 11.9 Å². The lowest BCUT2D eigenvalue weighted by atomic mass is 9.48. The van der Waals surface area contributed by atoms with Gasteiger partial charge in [-0.1, -0.05) is 19.1 Å². The second-order valence-electron chi connectivity index (χ2n) is 9.12. The number of carbonyl (C=O) groups is 2. The van der Waals surface area contributed by atoms with Crippen LogP contribution < -0.4 is 5.32 Å². The molecule has 0 heterocycles. The summed E-state index contributed by atoms with van der Waals surface area (Å²) in [5.74, 6) is 1.43. The Hall–Kier alpha value is -2.30. The smallest absolute Gasteiger partial charge is 0.354 e. The van der Waals surface area contributed by atoms with Gasteiger partial charge in [-0.2, -0.15) is 0 Å². The topological polar surface area (TPSA) is 64.6 Å². The molecule has 0 saturated heterocycles. The van der Waals surface area contributed by atoms with Gasteiger partial charge in [-0.05, 0) is 85.3 Å². The van der Waals surface area contributed by atoms with Crippen molar-refractivity contribution in [2.75, 3.05) is 19.5 Å². The number of nitrogens with one attached hydrogen (secondary N) is 1. The highest BCUT2D eigenvalue weighted by Crippen LogP contribution is 2.60. The van der Waals surface area contributed by atoms with E-state index in [9.17, 15) is 9.59 Å². The molecule has 4 fully saturated rings. The molecule has 1 N–H and O–H groups in total. The van der Waals surface area contributed by atoms with E-state index in [2.05, 4.69) is 30.4 Å². The first-order valence-corrected chi connectivity index (χ1v) is 10.7. The zero-order valence-electron chi connectivity index (χ0n) is 17.6. The number of hydrogen-bond donors (Lipinski definition) is 1. The number of methoxy groups -OCH3 is 2. The van der Waals surface area contributed by atoms with Crippen LogP contribution in [0.2, 0.25) is 0 Å². The highest BCUT2D eigenvalue weighted by molar-refractivity contribution is 5.98. The van der Waals surface area contributed by atoms with E-state index in [1.807, 2.05) is 0 Å². The summed E-state index contributed by atoms with van der Waals surface area (Å²) >= 11 is 0. The van der Waals surface area contributed by atoms with Gasteiger partial charge in [0.15, 0.2) is 0 Å². The van der Waals surface area contributed by atoms with E-state index >= 15 is 0 Å². The monoisotopic (exact) mass is 397 g/mol. The van der Waals surface area contributed by atoms with Crippen LogP contribution in [0.4, 0.5) is 5.69 Å². The number of aryl methyl sites for hydroxylation is 1. The highest BCUT2D eigenvalue weighted by Gasteiger charge is 2.51. The van der Waals surface area contributed by atoms with E-state index in [-0.39, 0.29) is 11.1 Å². The summed E-state index contributed by atoms with van der Waals surface area (Å²) in [5, 5.41) is 3.17. The van der Waals surface area contributed by atoms with Gasteiger partial charge in [-0.3, -0.25) is 0 Å². The van der Waals surface area contributed by atoms with E-state index in [0.717, 1.165) is 41.5 Å². The molecule has 0 unspecified atom stereocenters. The Labute approximate surface area is 172 Å². The Bertz CT molecular complexity index is 806. The summed E-state index contributed by atoms with van der Waals surface area (Å²) in [7, 11) is 2.60. The fourth-order valence-corrected chi connectivity index (χ4v) is 6.37. The fraction of sp³-hybridized carbons (Fsp3) is 0.583. The minimum Gasteiger partial charge on any atom is -0.466 e. The third-order valence-electron chi connectivity index (χ3n) is 7.28. The van der Waals surface area contributed by atoms with Gasteiger partial charge in [0.25, 0.3) is 0 Å². The second kappa shape index (κ2) is 7.85. The van der Waals surface area contributed by atoms with Gasteiger partial charge in [-0.25, -0.2) is 9.59 Å². The molecule has 0 aliphatic heterocycles. The summed E-state index contributed by atoms with van der Waals surface area (Å²) in [6, 6.07) is 6.67. The zero-order valence-corrected chi connectivity index (χ0v) is 17.6. The fourth-order valence-electron chi connectivity index (χ4n) is 6.37. The summed E-state index contributed by atoms with van der Waals surface area (Å²) in [6.45, 7) is 2.09. The summed E-state index contributed by atoms with van der Waals surface area (Å²) in [4.78, 5) is 24.0. The number of rotatable bonds is 6. The lowest BCUT2D eigenvalue weighted by Crippen LogP contribution is -2.48.